The van der Waals surface area contributed by atoms with Crippen molar-refractivity contribution in [3.8, 4) is 0 Å². The van der Waals surface area contributed by atoms with Crippen LogP contribution in [-0.2, 0) is 0 Å². The van der Waals surface area contributed by atoms with Crippen LogP contribution in [0.15, 0.2) is 4.99 Å². The van der Waals surface area contributed by atoms with E-state index in [0.717, 1.165) is 0 Å². The van der Waals surface area contributed by atoms with Crippen molar-refractivity contribution in [2.45, 2.75) is 12.6 Å². The van der Waals surface area contributed by atoms with Gasteiger partial charge in [0.1, 0.15) is 8.64 Å². The molecule has 1 aliphatic heterocycles. The summed E-state index contributed by atoms with van der Waals surface area (Å²) in [4.78, 5) is 3.93. The van der Waals surface area contributed by atoms with E-state index in [1.54, 1.807) is 0 Å². The molecular formula is C5H12N8S4. The SMILES string of the molecule is NC1=NC(N)N(NC(=S)S)C(N)N1NC(=S)S. The smallest absolute Gasteiger partial charge is 0.216 e. The van der Waals surface area contributed by atoms with Crippen LogP contribution in [0.3, 0.4) is 0 Å². The number of hydrogen-bond acceptors (Lipinski definition) is 8. The van der Waals surface area contributed by atoms with Crippen molar-refractivity contribution >= 4 is 64.3 Å². The van der Waals surface area contributed by atoms with E-state index in [2.05, 4.69) is 41.1 Å². The van der Waals surface area contributed by atoms with Crippen molar-refractivity contribution in [3.63, 3.8) is 0 Å². The van der Waals surface area contributed by atoms with Crippen molar-refractivity contribution in [3.05, 3.63) is 0 Å². The molecule has 1 heterocycles. The summed E-state index contributed by atoms with van der Waals surface area (Å²) in [6, 6.07) is 0. The minimum absolute atomic E-state index is 0.0875. The van der Waals surface area contributed by atoms with Gasteiger partial charge in [0.25, 0.3) is 0 Å². The second-order valence-corrected chi connectivity index (χ2v) is 5.24. The highest BCUT2D eigenvalue weighted by atomic mass is 32.1. The van der Waals surface area contributed by atoms with Gasteiger partial charge in [-0.3, -0.25) is 22.3 Å². The Balaban J connectivity index is 2.90. The van der Waals surface area contributed by atoms with Crippen molar-refractivity contribution in [2.75, 3.05) is 0 Å². The summed E-state index contributed by atoms with van der Waals surface area (Å²) in [6.07, 6.45) is -1.57. The lowest BCUT2D eigenvalue weighted by Gasteiger charge is -2.42. The van der Waals surface area contributed by atoms with Crippen LogP contribution in [0.4, 0.5) is 0 Å². The molecule has 0 bridgehead atoms. The number of hydrazine groups is 2. The lowest BCUT2D eigenvalue weighted by molar-refractivity contribution is 0.00669. The zero-order chi connectivity index (χ0) is 13.2. The molecule has 17 heavy (non-hydrogen) atoms. The minimum Gasteiger partial charge on any atom is -0.368 e. The fourth-order valence-corrected chi connectivity index (χ4v) is 1.57. The molecule has 0 amide bonds. The quantitative estimate of drug-likeness (QED) is 0.226. The molecule has 8 nitrogen and oxygen atoms in total. The van der Waals surface area contributed by atoms with Gasteiger partial charge in [0.2, 0.25) is 5.96 Å². The molecule has 0 aromatic carbocycles. The van der Waals surface area contributed by atoms with Crippen molar-refractivity contribution < 1.29 is 0 Å². The van der Waals surface area contributed by atoms with E-state index in [4.69, 9.17) is 41.6 Å². The molecular weight excluding hydrogens is 300 g/mol. The average molecular weight is 312 g/mol. The summed E-state index contributed by atoms with van der Waals surface area (Å²) in [5.41, 5.74) is 22.6. The summed E-state index contributed by atoms with van der Waals surface area (Å²) in [6.45, 7) is 0. The van der Waals surface area contributed by atoms with Gasteiger partial charge in [-0.1, -0.05) is 24.4 Å². The molecule has 0 aliphatic carbocycles. The molecule has 0 aromatic rings. The molecule has 12 heteroatoms. The van der Waals surface area contributed by atoms with Crippen molar-refractivity contribution in [2.24, 2.45) is 22.2 Å². The molecule has 0 saturated carbocycles. The van der Waals surface area contributed by atoms with E-state index >= 15 is 0 Å². The summed E-state index contributed by atoms with van der Waals surface area (Å²) >= 11 is 17.4. The predicted octanol–water partition coefficient (Wildman–Crippen LogP) is -2.16. The molecule has 8 N–H and O–H groups in total. The zero-order valence-electron chi connectivity index (χ0n) is 8.44. The maximum absolute atomic E-state index is 5.90. The van der Waals surface area contributed by atoms with Crippen molar-refractivity contribution in [1.82, 2.24) is 20.9 Å². The first-order chi connectivity index (χ1) is 7.82. The maximum Gasteiger partial charge on any atom is 0.216 e. The molecule has 0 spiro atoms. The van der Waals surface area contributed by atoms with Crippen molar-refractivity contribution in [1.29, 1.82) is 0 Å². The highest BCUT2D eigenvalue weighted by molar-refractivity contribution is 8.11. The van der Waals surface area contributed by atoms with Crippen LogP contribution in [0.1, 0.15) is 0 Å². The summed E-state index contributed by atoms with van der Waals surface area (Å²) < 4.78 is 0.377. The maximum atomic E-state index is 5.90. The van der Waals surface area contributed by atoms with Gasteiger partial charge < -0.3 is 5.73 Å². The number of nitrogens with zero attached hydrogens (tertiary/aromatic N) is 3. The Bertz CT molecular complexity index is 358. The molecule has 2 unspecified atom stereocenters. The Morgan fingerprint density at radius 2 is 1.76 bits per heavy atom. The first-order valence-corrected chi connectivity index (χ1v) is 5.95. The Labute approximate surface area is 120 Å². The highest BCUT2D eigenvalue weighted by Gasteiger charge is 2.33. The molecule has 2 atom stereocenters. The van der Waals surface area contributed by atoms with E-state index < -0.39 is 12.6 Å². The standard InChI is InChI=1S/C5H12N8S4/c6-1-9-2(7)13(11-5(16)17)3(8)12(1)10-4(14)15/h1,3H,6,8H2,(H2,7,9)(H2,10,14,15)(H2,11,16,17). The summed E-state index contributed by atoms with van der Waals surface area (Å²) in [5.74, 6) is 0.0875. The average Bonchev–Trinajstić information content (AvgIpc) is 2.18. The Morgan fingerprint density at radius 1 is 1.24 bits per heavy atom. The van der Waals surface area contributed by atoms with Gasteiger partial charge in [-0.2, -0.15) is 0 Å². The number of rotatable bonds is 2. The third-order valence-electron chi connectivity index (χ3n) is 1.79. The van der Waals surface area contributed by atoms with Crippen LogP contribution in [0.5, 0.6) is 0 Å². The summed E-state index contributed by atoms with van der Waals surface area (Å²) in [5, 5.41) is 2.64. The second kappa shape index (κ2) is 5.99. The van der Waals surface area contributed by atoms with Gasteiger partial charge in [0.15, 0.2) is 12.6 Å². The second-order valence-electron chi connectivity index (χ2n) is 2.93. The van der Waals surface area contributed by atoms with Crippen LogP contribution in [0, 0.1) is 0 Å². The lowest BCUT2D eigenvalue weighted by atomic mass is 10.6. The first-order valence-electron chi connectivity index (χ1n) is 4.24. The molecule has 0 aromatic heterocycles. The first kappa shape index (κ1) is 14.7. The predicted molar refractivity (Wildman–Crippen MR) is 80.7 cm³/mol. The van der Waals surface area contributed by atoms with E-state index in [-0.39, 0.29) is 14.6 Å². The van der Waals surface area contributed by atoms with Crippen LogP contribution in [0.2, 0.25) is 0 Å². The molecule has 1 aliphatic rings. The third kappa shape index (κ3) is 3.80. The fourth-order valence-electron chi connectivity index (χ4n) is 1.15. The van der Waals surface area contributed by atoms with Gasteiger partial charge in [-0.15, -0.1) is 30.3 Å². The fraction of sp³-hybridized carbons (Fsp3) is 0.400. The lowest BCUT2D eigenvalue weighted by Crippen LogP contribution is -2.73. The third-order valence-corrected chi connectivity index (χ3v) is 2.17. The van der Waals surface area contributed by atoms with Crippen LogP contribution in [-0.4, -0.2) is 37.2 Å². The number of guanidine groups is 1. The van der Waals surface area contributed by atoms with Gasteiger partial charge in [0, 0.05) is 0 Å². The molecule has 1 rings (SSSR count). The van der Waals surface area contributed by atoms with E-state index in [0.29, 0.717) is 0 Å². The normalized spacial score (nSPS) is 25.2. The van der Waals surface area contributed by atoms with Gasteiger partial charge in [-0.25, -0.2) is 10.0 Å². The number of thiocarbonyl (C=S) groups is 2. The Morgan fingerprint density at radius 3 is 2.24 bits per heavy atom. The number of nitrogens with two attached hydrogens (primary N) is 3. The van der Waals surface area contributed by atoms with Crippen LogP contribution >= 0.6 is 49.7 Å². The van der Waals surface area contributed by atoms with E-state index in [1.165, 1.54) is 10.0 Å². The zero-order valence-corrected chi connectivity index (χ0v) is 11.9. The minimum atomic E-state index is -0.790. The van der Waals surface area contributed by atoms with Gasteiger partial charge >= 0.3 is 0 Å². The highest BCUT2D eigenvalue weighted by Crippen LogP contribution is 2.07. The topological polar surface area (TPSA) is 121 Å². The Kier molecular flexibility index (Phi) is 5.18. The van der Waals surface area contributed by atoms with E-state index in [1.807, 2.05) is 0 Å². The van der Waals surface area contributed by atoms with Crippen LogP contribution < -0.4 is 28.1 Å². The van der Waals surface area contributed by atoms with E-state index in [9.17, 15) is 0 Å². The number of aliphatic imine (C=N–C) groups is 1. The summed E-state index contributed by atoms with van der Waals surface area (Å²) in [7, 11) is 0. The number of nitrogens with one attached hydrogen (secondary N) is 2. The molecule has 0 radical (unpaired) electrons. The van der Waals surface area contributed by atoms with Gasteiger partial charge in [0.05, 0.1) is 0 Å². The van der Waals surface area contributed by atoms with Crippen LogP contribution in [0.25, 0.3) is 0 Å². The van der Waals surface area contributed by atoms with Gasteiger partial charge in [-0.05, 0) is 0 Å². The molecule has 96 valence electrons. The number of thiol groups is 2. The number of hydrogen-bond donors (Lipinski definition) is 7. The monoisotopic (exact) mass is 312 g/mol. The largest absolute Gasteiger partial charge is 0.368 e. The Hall–Kier alpha value is -0.370. The molecule has 0 fully saturated rings. The molecule has 0 saturated heterocycles.